The van der Waals surface area contributed by atoms with Crippen molar-refractivity contribution in [2.75, 3.05) is 0 Å². The van der Waals surface area contributed by atoms with Gasteiger partial charge in [-0.3, -0.25) is 0 Å². The second-order valence-electron chi connectivity index (χ2n) is 9.86. The molecule has 1 aromatic carbocycles. The smallest absolute Gasteiger partial charge is 0.387 e. The summed E-state index contributed by atoms with van der Waals surface area (Å²) in [5.41, 5.74) is 2.52. The molecule has 174 valence electrons. The van der Waals surface area contributed by atoms with Crippen molar-refractivity contribution in [1.29, 1.82) is 0 Å². The number of ether oxygens (including phenoxy) is 1. The van der Waals surface area contributed by atoms with Gasteiger partial charge in [-0.15, -0.1) is 0 Å². The van der Waals surface area contributed by atoms with Crippen molar-refractivity contribution >= 4 is 5.57 Å². The molecule has 1 nitrogen and oxygen atoms in total. The summed E-state index contributed by atoms with van der Waals surface area (Å²) in [7, 11) is 0. The third-order valence-electron chi connectivity index (χ3n) is 7.68. The average molecular weight is 433 g/mol. The minimum atomic E-state index is -2.76. The molecule has 1 saturated carbocycles. The first-order chi connectivity index (χ1) is 15.2. The molecule has 31 heavy (non-hydrogen) atoms. The lowest BCUT2D eigenvalue weighted by Crippen LogP contribution is -2.23. The van der Waals surface area contributed by atoms with E-state index >= 15 is 0 Å². The first-order valence-electron chi connectivity index (χ1n) is 12.9. The Labute approximate surface area is 188 Å². The molecule has 1 unspecified atom stereocenters. The van der Waals surface area contributed by atoms with Crippen LogP contribution in [0.15, 0.2) is 30.3 Å². The Kier molecular flexibility index (Phi) is 10.4. The molecule has 3 rings (SSSR count). The number of halogens is 2. The molecule has 3 heteroatoms. The van der Waals surface area contributed by atoms with E-state index in [0.717, 1.165) is 29.7 Å². The van der Waals surface area contributed by atoms with Crippen LogP contribution in [0.2, 0.25) is 0 Å². The molecule has 0 aliphatic heterocycles. The van der Waals surface area contributed by atoms with Gasteiger partial charge in [0, 0.05) is 0 Å². The maximum Gasteiger partial charge on any atom is 0.387 e. The standard InChI is InChI=1S/C28H42F2O/c1-2-3-4-5-6-7-8-9-22-10-12-23(13-11-22)24-14-16-25(17-15-24)26-18-20-27(21-19-26)31-28(29)30/h16,18-24,28H,2-15,17H2,1H3. The fourth-order valence-corrected chi connectivity index (χ4v) is 5.73. The number of hydrogen-bond acceptors (Lipinski definition) is 1. The normalized spacial score (nSPS) is 24.3. The molecule has 2 aliphatic rings. The van der Waals surface area contributed by atoms with Crippen molar-refractivity contribution in [2.45, 2.75) is 110 Å². The first-order valence-corrected chi connectivity index (χ1v) is 12.9. The van der Waals surface area contributed by atoms with Crippen LogP contribution in [0.3, 0.4) is 0 Å². The molecular weight excluding hydrogens is 390 g/mol. The monoisotopic (exact) mass is 432 g/mol. The van der Waals surface area contributed by atoms with E-state index in [1.807, 2.05) is 12.1 Å². The molecule has 0 radical (unpaired) electrons. The zero-order valence-corrected chi connectivity index (χ0v) is 19.5. The maximum absolute atomic E-state index is 12.3. The Morgan fingerprint density at radius 3 is 2.13 bits per heavy atom. The summed E-state index contributed by atoms with van der Waals surface area (Å²) in [5.74, 6) is 2.96. The van der Waals surface area contributed by atoms with Crippen LogP contribution in [0.5, 0.6) is 5.75 Å². The highest BCUT2D eigenvalue weighted by Crippen LogP contribution is 2.42. The van der Waals surface area contributed by atoms with Gasteiger partial charge in [-0.25, -0.2) is 0 Å². The molecule has 1 atom stereocenters. The molecule has 0 amide bonds. The minimum absolute atomic E-state index is 0.237. The summed E-state index contributed by atoms with van der Waals surface area (Å²) < 4.78 is 29.1. The number of unbranched alkanes of at least 4 members (excludes halogenated alkanes) is 6. The molecule has 0 aromatic heterocycles. The van der Waals surface area contributed by atoms with Crippen molar-refractivity contribution in [3.63, 3.8) is 0 Å². The first kappa shape index (κ1) is 24.3. The Hall–Kier alpha value is -1.38. The predicted molar refractivity (Wildman–Crippen MR) is 126 cm³/mol. The highest BCUT2D eigenvalue weighted by molar-refractivity contribution is 5.66. The van der Waals surface area contributed by atoms with Gasteiger partial charge in [0.05, 0.1) is 0 Å². The highest BCUT2D eigenvalue weighted by atomic mass is 19.3. The number of allylic oxidation sites excluding steroid dienone is 2. The fraction of sp³-hybridized carbons (Fsp3) is 0.714. The third-order valence-corrected chi connectivity index (χ3v) is 7.68. The average Bonchev–Trinajstić information content (AvgIpc) is 2.79. The number of hydrogen-bond donors (Lipinski definition) is 0. The van der Waals surface area contributed by atoms with Crippen LogP contribution in [-0.2, 0) is 0 Å². The summed E-state index contributed by atoms with van der Waals surface area (Å²) in [5, 5.41) is 0. The van der Waals surface area contributed by atoms with Crippen molar-refractivity contribution in [1.82, 2.24) is 0 Å². The van der Waals surface area contributed by atoms with Gasteiger partial charge in [0.15, 0.2) is 0 Å². The Morgan fingerprint density at radius 1 is 0.839 bits per heavy atom. The topological polar surface area (TPSA) is 9.23 Å². The van der Waals surface area contributed by atoms with E-state index in [0.29, 0.717) is 0 Å². The molecule has 0 heterocycles. The molecule has 0 spiro atoms. The van der Waals surface area contributed by atoms with Gasteiger partial charge in [0.1, 0.15) is 5.75 Å². The van der Waals surface area contributed by atoms with E-state index < -0.39 is 6.61 Å². The third kappa shape index (κ3) is 8.24. The van der Waals surface area contributed by atoms with Crippen LogP contribution in [0.25, 0.3) is 5.57 Å². The lowest BCUT2D eigenvalue weighted by Gasteiger charge is -2.35. The molecule has 1 aromatic rings. The van der Waals surface area contributed by atoms with E-state index in [1.165, 1.54) is 95.5 Å². The van der Waals surface area contributed by atoms with Crippen LogP contribution in [0.1, 0.15) is 109 Å². The molecule has 1 fully saturated rings. The lowest BCUT2D eigenvalue weighted by atomic mass is 9.70. The van der Waals surface area contributed by atoms with Crippen LogP contribution in [0, 0.1) is 17.8 Å². The van der Waals surface area contributed by atoms with E-state index in [2.05, 4.69) is 17.7 Å². The molecule has 0 bridgehead atoms. The van der Waals surface area contributed by atoms with Crippen molar-refractivity contribution in [3.05, 3.63) is 35.9 Å². The number of alkyl halides is 2. The van der Waals surface area contributed by atoms with Crippen molar-refractivity contribution in [2.24, 2.45) is 17.8 Å². The summed E-state index contributed by atoms with van der Waals surface area (Å²) in [6.07, 6.45) is 23.1. The Morgan fingerprint density at radius 2 is 1.52 bits per heavy atom. The van der Waals surface area contributed by atoms with Crippen LogP contribution >= 0.6 is 0 Å². The minimum Gasteiger partial charge on any atom is -0.435 e. The summed E-state index contributed by atoms with van der Waals surface area (Å²) >= 11 is 0. The number of benzene rings is 1. The Balaban J connectivity index is 1.34. The van der Waals surface area contributed by atoms with E-state index in [4.69, 9.17) is 0 Å². The van der Waals surface area contributed by atoms with Crippen LogP contribution < -0.4 is 4.74 Å². The van der Waals surface area contributed by atoms with Crippen molar-refractivity contribution in [3.8, 4) is 5.75 Å². The van der Waals surface area contributed by atoms with Gasteiger partial charge in [0.25, 0.3) is 0 Å². The maximum atomic E-state index is 12.3. The van der Waals surface area contributed by atoms with Gasteiger partial charge >= 0.3 is 6.61 Å². The number of rotatable bonds is 12. The van der Waals surface area contributed by atoms with Crippen molar-refractivity contribution < 1.29 is 13.5 Å². The van der Waals surface area contributed by atoms with E-state index in [9.17, 15) is 8.78 Å². The van der Waals surface area contributed by atoms with Crippen LogP contribution in [0.4, 0.5) is 8.78 Å². The zero-order valence-electron chi connectivity index (χ0n) is 19.5. The van der Waals surface area contributed by atoms with Gasteiger partial charge < -0.3 is 4.74 Å². The SMILES string of the molecule is CCCCCCCCCC1CCC(C2CC=C(c3ccc(OC(F)F)cc3)CC2)CC1. The second kappa shape index (κ2) is 13.2. The molecule has 0 saturated heterocycles. The summed E-state index contributed by atoms with van der Waals surface area (Å²) in [6, 6.07) is 7.14. The highest BCUT2D eigenvalue weighted by Gasteiger charge is 2.28. The summed E-state index contributed by atoms with van der Waals surface area (Å²) in [6.45, 7) is -0.472. The van der Waals surface area contributed by atoms with E-state index in [-0.39, 0.29) is 5.75 Å². The second-order valence-corrected chi connectivity index (χ2v) is 9.86. The van der Waals surface area contributed by atoms with Crippen LogP contribution in [-0.4, -0.2) is 6.61 Å². The van der Waals surface area contributed by atoms with Gasteiger partial charge in [-0.1, -0.05) is 89.3 Å². The zero-order chi connectivity index (χ0) is 21.9. The Bertz CT molecular complexity index is 643. The molecular formula is C28H42F2O. The lowest BCUT2D eigenvalue weighted by molar-refractivity contribution is -0.0498. The predicted octanol–water partition coefficient (Wildman–Crippen LogP) is 9.42. The van der Waals surface area contributed by atoms with Gasteiger partial charge in [-0.2, -0.15) is 8.78 Å². The van der Waals surface area contributed by atoms with Gasteiger partial charge in [0.2, 0.25) is 0 Å². The quantitative estimate of drug-likeness (QED) is 0.299. The van der Waals surface area contributed by atoms with Gasteiger partial charge in [-0.05, 0) is 73.1 Å². The summed E-state index contributed by atoms with van der Waals surface area (Å²) in [4.78, 5) is 0. The largest absolute Gasteiger partial charge is 0.435 e. The molecule has 0 N–H and O–H groups in total. The van der Waals surface area contributed by atoms with E-state index in [1.54, 1.807) is 12.1 Å². The fourth-order valence-electron chi connectivity index (χ4n) is 5.73. The molecule has 2 aliphatic carbocycles.